The lowest BCUT2D eigenvalue weighted by molar-refractivity contribution is 0.0600. The number of aromatic nitrogens is 1. The number of carbonyl (C=O) groups excluding carboxylic acids is 2. The van der Waals surface area contributed by atoms with Gasteiger partial charge in [0.2, 0.25) is 0 Å². The number of anilines is 1. The summed E-state index contributed by atoms with van der Waals surface area (Å²) in [5.41, 5.74) is 5.33. The van der Waals surface area contributed by atoms with Crippen LogP contribution in [0.25, 0.3) is 10.9 Å². The van der Waals surface area contributed by atoms with Crippen LogP contribution in [0.15, 0.2) is 42.5 Å². The number of methoxy groups -OCH3 is 1. The molecule has 5 heteroatoms. The molecule has 0 amide bonds. The second-order valence-corrected chi connectivity index (χ2v) is 8.29. The van der Waals surface area contributed by atoms with Crippen molar-refractivity contribution < 1.29 is 14.3 Å². The Bertz CT molecular complexity index is 1110. The molecule has 1 aromatic heterocycles. The van der Waals surface area contributed by atoms with Crippen LogP contribution in [0, 0.1) is 0 Å². The van der Waals surface area contributed by atoms with Gasteiger partial charge in [0.25, 0.3) is 0 Å². The predicted octanol–water partition coefficient (Wildman–Crippen LogP) is 4.77. The first-order valence-corrected chi connectivity index (χ1v) is 9.90. The van der Waals surface area contributed by atoms with Gasteiger partial charge >= 0.3 is 5.97 Å². The summed E-state index contributed by atoms with van der Waals surface area (Å²) in [7, 11) is 3.28. The zero-order valence-electron chi connectivity index (χ0n) is 17.3. The minimum atomic E-state index is -0.365. The Labute approximate surface area is 170 Å². The Morgan fingerprint density at radius 2 is 1.90 bits per heavy atom. The van der Waals surface area contributed by atoms with E-state index in [1.54, 1.807) is 6.07 Å². The maximum absolute atomic E-state index is 13.0. The van der Waals surface area contributed by atoms with Gasteiger partial charge in [-0.25, -0.2) is 4.79 Å². The van der Waals surface area contributed by atoms with Crippen molar-refractivity contribution in [2.75, 3.05) is 19.5 Å². The predicted molar refractivity (Wildman–Crippen MR) is 115 cm³/mol. The number of fused-ring (bicyclic) bond motifs is 3. The Morgan fingerprint density at radius 3 is 2.55 bits per heavy atom. The van der Waals surface area contributed by atoms with Crippen molar-refractivity contribution in [2.45, 2.75) is 38.6 Å². The number of ketones is 1. The monoisotopic (exact) mass is 390 g/mol. The summed E-state index contributed by atoms with van der Waals surface area (Å²) in [5.74, 6) is -0.196. The van der Waals surface area contributed by atoms with Gasteiger partial charge in [-0.2, -0.15) is 0 Å². The van der Waals surface area contributed by atoms with Gasteiger partial charge in [-0.15, -0.1) is 0 Å². The molecule has 0 radical (unpaired) electrons. The average Bonchev–Trinajstić information content (AvgIpc) is 3.06. The summed E-state index contributed by atoms with van der Waals surface area (Å²) < 4.78 is 7.02. The third-order valence-corrected chi connectivity index (χ3v) is 5.99. The number of benzene rings is 2. The van der Waals surface area contributed by atoms with Crippen LogP contribution in [0.5, 0.6) is 0 Å². The number of nitrogens with one attached hydrogen (secondary N) is 1. The lowest BCUT2D eigenvalue weighted by Gasteiger charge is -2.30. The number of carbonyl (C=O) groups is 2. The lowest BCUT2D eigenvalue weighted by Crippen LogP contribution is -2.28. The van der Waals surface area contributed by atoms with E-state index >= 15 is 0 Å². The van der Waals surface area contributed by atoms with E-state index in [0.717, 1.165) is 39.8 Å². The van der Waals surface area contributed by atoms with Gasteiger partial charge in [-0.05, 0) is 53.3 Å². The molecular formula is C24H26N2O3. The van der Waals surface area contributed by atoms with E-state index in [9.17, 15) is 9.59 Å². The molecule has 2 aromatic carbocycles. The van der Waals surface area contributed by atoms with Gasteiger partial charge in [0.1, 0.15) is 0 Å². The Morgan fingerprint density at radius 1 is 1.17 bits per heavy atom. The Kier molecular flexibility index (Phi) is 4.69. The van der Waals surface area contributed by atoms with Crippen molar-refractivity contribution >= 4 is 28.3 Å². The fraction of sp³-hybridized carbons (Fsp3) is 0.333. The van der Waals surface area contributed by atoms with Crippen LogP contribution in [0.2, 0.25) is 0 Å². The molecule has 5 nitrogen and oxygen atoms in total. The molecule has 1 heterocycles. The Balaban J connectivity index is 1.94. The van der Waals surface area contributed by atoms with E-state index in [0.29, 0.717) is 18.5 Å². The van der Waals surface area contributed by atoms with E-state index in [2.05, 4.69) is 35.9 Å². The van der Waals surface area contributed by atoms with E-state index < -0.39 is 0 Å². The van der Waals surface area contributed by atoms with Crippen molar-refractivity contribution in [3.8, 4) is 0 Å². The molecular weight excluding hydrogens is 364 g/mol. The van der Waals surface area contributed by atoms with Crippen molar-refractivity contribution in [2.24, 2.45) is 0 Å². The highest BCUT2D eigenvalue weighted by molar-refractivity contribution is 6.06. The molecule has 0 saturated heterocycles. The third kappa shape index (κ3) is 3.20. The molecule has 29 heavy (non-hydrogen) atoms. The van der Waals surface area contributed by atoms with Crippen molar-refractivity contribution in [3.05, 3.63) is 64.8 Å². The minimum Gasteiger partial charge on any atom is -0.465 e. The van der Waals surface area contributed by atoms with E-state index in [4.69, 9.17) is 4.74 Å². The van der Waals surface area contributed by atoms with Gasteiger partial charge < -0.3 is 14.6 Å². The summed E-state index contributed by atoms with van der Waals surface area (Å²) >= 11 is 0. The molecule has 4 rings (SSSR count). The highest BCUT2D eigenvalue weighted by Crippen LogP contribution is 2.43. The SMILES string of the molecule is CNc1ccc(Cn2c3c(c4cc(C(=O)OC)ccc42)C(C)(C)CCC3=O)cc1. The number of esters is 1. The van der Waals surface area contributed by atoms with E-state index in [1.165, 1.54) is 7.11 Å². The van der Waals surface area contributed by atoms with Gasteiger partial charge in [0, 0.05) is 36.6 Å². The molecule has 1 aliphatic carbocycles. The number of rotatable bonds is 4. The van der Waals surface area contributed by atoms with Crippen LogP contribution in [-0.4, -0.2) is 30.5 Å². The average molecular weight is 390 g/mol. The molecule has 0 aliphatic heterocycles. The van der Waals surface area contributed by atoms with Crippen LogP contribution in [0.1, 0.15) is 58.7 Å². The molecule has 1 aliphatic rings. The molecule has 0 bridgehead atoms. The number of nitrogens with zero attached hydrogens (tertiary/aromatic N) is 1. The van der Waals surface area contributed by atoms with Crippen LogP contribution < -0.4 is 5.32 Å². The van der Waals surface area contributed by atoms with Crippen LogP contribution in [0.4, 0.5) is 5.69 Å². The largest absolute Gasteiger partial charge is 0.465 e. The molecule has 1 N–H and O–H groups in total. The van der Waals surface area contributed by atoms with Crippen LogP contribution >= 0.6 is 0 Å². The first-order valence-electron chi connectivity index (χ1n) is 9.90. The molecule has 150 valence electrons. The van der Waals surface area contributed by atoms with E-state index in [1.807, 2.05) is 31.3 Å². The Hall–Kier alpha value is -3.08. The number of Topliss-reactive ketones (excluding diaryl/α,β-unsaturated/α-hetero) is 1. The zero-order chi connectivity index (χ0) is 20.8. The topological polar surface area (TPSA) is 60.3 Å². The number of hydrogen-bond donors (Lipinski definition) is 1. The van der Waals surface area contributed by atoms with Crippen molar-refractivity contribution in [1.82, 2.24) is 4.57 Å². The summed E-state index contributed by atoms with van der Waals surface area (Å²) in [6.07, 6.45) is 1.34. The third-order valence-electron chi connectivity index (χ3n) is 5.99. The fourth-order valence-corrected chi connectivity index (χ4v) is 4.37. The second-order valence-electron chi connectivity index (χ2n) is 8.29. The van der Waals surface area contributed by atoms with E-state index in [-0.39, 0.29) is 17.2 Å². The standard InChI is InChI=1S/C24H26N2O3/c1-24(2)12-11-20(27)22-21(24)18-13-16(23(28)29-4)7-10-19(18)26(22)14-15-5-8-17(25-3)9-6-15/h5-10,13,25H,11-12,14H2,1-4H3. The molecule has 0 atom stereocenters. The molecule has 3 aromatic rings. The highest BCUT2D eigenvalue weighted by atomic mass is 16.5. The first kappa shape index (κ1) is 19.2. The summed E-state index contributed by atoms with van der Waals surface area (Å²) in [4.78, 5) is 25.1. The van der Waals surface area contributed by atoms with Gasteiger partial charge in [-0.1, -0.05) is 26.0 Å². The van der Waals surface area contributed by atoms with Crippen molar-refractivity contribution in [3.63, 3.8) is 0 Å². The second kappa shape index (κ2) is 7.07. The first-order chi connectivity index (χ1) is 13.9. The summed E-state index contributed by atoms with van der Waals surface area (Å²) in [6, 6.07) is 13.8. The van der Waals surface area contributed by atoms with Crippen molar-refractivity contribution in [1.29, 1.82) is 0 Å². The smallest absolute Gasteiger partial charge is 0.337 e. The normalized spacial score (nSPS) is 15.2. The maximum Gasteiger partial charge on any atom is 0.337 e. The zero-order valence-corrected chi connectivity index (χ0v) is 17.3. The minimum absolute atomic E-state index is 0.141. The highest BCUT2D eigenvalue weighted by Gasteiger charge is 2.37. The molecule has 0 spiro atoms. The maximum atomic E-state index is 13.0. The summed E-state index contributed by atoms with van der Waals surface area (Å²) in [6.45, 7) is 4.96. The van der Waals surface area contributed by atoms with Gasteiger partial charge in [0.05, 0.1) is 18.4 Å². The quantitative estimate of drug-likeness (QED) is 0.652. The number of ether oxygens (including phenoxy) is 1. The molecule has 0 unspecified atom stereocenters. The fourth-order valence-electron chi connectivity index (χ4n) is 4.37. The van der Waals surface area contributed by atoms with Gasteiger partial charge in [-0.3, -0.25) is 4.79 Å². The van der Waals surface area contributed by atoms with Crippen LogP contribution in [-0.2, 0) is 16.7 Å². The van der Waals surface area contributed by atoms with Crippen LogP contribution in [0.3, 0.4) is 0 Å². The van der Waals surface area contributed by atoms with Gasteiger partial charge in [0.15, 0.2) is 5.78 Å². The summed E-state index contributed by atoms with van der Waals surface area (Å²) in [5, 5.41) is 4.09. The number of hydrogen-bond acceptors (Lipinski definition) is 4. The molecule has 0 saturated carbocycles. The lowest BCUT2D eigenvalue weighted by atomic mass is 9.73. The molecule has 0 fully saturated rings.